The molecule has 0 spiro atoms. The number of phenolic OH excluding ortho intramolecular Hbond substituents is 1. The van der Waals surface area contributed by atoms with Crippen molar-refractivity contribution < 1.29 is 14.6 Å². The zero-order valence-corrected chi connectivity index (χ0v) is 12.4. The molecular weight excluding hydrogens is 254 g/mol. The second-order valence-electron chi connectivity index (χ2n) is 5.02. The lowest BCUT2D eigenvalue weighted by Gasteiger charge is -2.08. The van der Waals surface area contributed by atoms with Gasteiger partial charge in [0.15, 0.2) is 0 Å². The number of ether oxygens (including phenoxy) is 1. The Morgan fingerprint density at radius 2 is 2.15 bits per heavy atom. The van der Waals surface area contributed by atoms with Crippen LogP contribution >= 0.6 is 0 Å². The summed E-state index contributed by atoms with van der Waals surface area (Å²) in [6.07, 6.45) is 4.64. The molecule has 0 heterocycles. The summed E-state index contributed by atoms with van der Waals surface area (Å²) in [5.74, 6) is 0.399. The van der Waals surface area contributed by atoms with Gasteiger partial charge in [0, 0.05) is 26.2 Å². The number of methoxy groups -OCH3 is 1. The molecule has 1 atom stereocenters. The van der Waals surface area contributed by atoms with Crippen molar-refractivity contribution in [1.82, 2.24) is 0 Å². The van der Waals surface area contributed by atoms with Crippen molar-refractivity contribution in [2.45, 2.75) is 45.1 Å². The molecule has 112 valence electrons. The number of nitrogens with two attached hydrogens (primary N) is 1. The van der Waals surface area contributed by atoms with E-state index in [0.717, 1.165) is 49.7 Å². The molecule has 1 aliphatic rings. The third-order valence-electron chi connectivity index (χ3n) is 3.47. The Labute approximate surface area is 120 Å². The normalized spacial score (nSPS) is 16.2. The summed E-state index contributed by atoms with van der Waals surface area (Å²) in [6, 6.07) is 4.15. The van der Waals surface area contributed by atoms with E-state index in [1.807, 2.05) is 13.0 Å². The molecule has 0 aliphatic heterocycles. The third-order valence-corrected chi connectivity index (χ3v) is 3.47. The highest BCUT2D eigenvalue weighted by Gasteiger charge is 2.22. The monoisotopic (exact) mass is 279 g/mol. The van der Waals surface area contributed by atoms with Crippen LogP contribution in [-0.2, 0) is 28.8 Å². The summed E-state index contributed by atoms with van der Waals surface area (Å²) in [5.41, 5.74) is 8.99. The third kappa shape index (κ3) is 4.62. The summed E-state index contributed by atoms with van der Waals surface area (Å²) in [5, 5.41) is 10.1. The molecule has 3 N–H and O–H groups in total. The number of fused-ring (bicyclic) bond motifs is 1. The van der Waals surface area contributed by atoms with Crippen molar-refractivity contribution >= 4 is 6.29 Å². The minimum absolute atomic E-state index is 0.145. The van der Waals surface area contributed by atoms with E-state index in [0.29, 0.717) is 12.2 Å². The standard InChI is InChI=1S/C13H17NO2.C3H8O/c14-11-7-10-5-4-9(3-1-2-6-15)13(16)12(10)8-11;1-3-4-2/h4-6,11,16H,1-3,7-8,14H2;3H2,1-2H3. The average molecular weight is 279 g/mol. The van der Waals surface area contributed by atoms with Gasteiger partial charge in [0.2, 0.25) is 0 Å². The van der Waals surface area contributed by atoms with E-state index in [-0.39, 0.29) is 6.04 Å². The predicted octanol–water partition coefficient (Wildman–Crippen LogP) is 1.99. The number of unbranched alkanes of at least 4 members (excludes halogenated alkanes) is 1. The summed E-state index contributed by atoms with van der Waals surface area (Å²) < 4.78 is 4.54. The maximum atomic E-state index is 10.2. The summed E-state index contributed by atoms with van der Waals surface area (Å²) in [6.45, 7) is 2.78. The van der Waals surface area contributed by atoms with Crippen LogP contribution in [0.25, 0.3) is 0 Å². The van der Waals surface area contributed by atoms with Crippen molar-refractivity contribution in [3.63, 3.8) is 0 Å². The molecule has 0 radical (unpaired) electrons. The van der Waals surface area contributed by atoms with E-state index in [4.69, 9.17) is 5.73 Å². The zero-order valence-electron chi connectivity index (χ0n) is 12.4. The van der Waals surface area contributed by atoms with Gasteiger partial charge in [0.25, 0.3) is 0 Å². The first-order valence-corrected chi connectivity index (χ1v) is 7.14. The predicted molar refractivity (Wildman–Crippen MR) is 80.0 cm³/mol. The molecule has 1 aliphatic carbocycles. The van der Waals surface area contributed by atoms with Crippen molar-refractivity contribution in [3.8, 4) is 5.75 Å². The molecule has 0 amide bonds. The molecule has 0 saturated heterocycles. The van der Waals surface area contributed by atoms with E-state index in [1.54, 1.807) is 7.11 Å². The number of carbonyl (C=O) groups excluding carboxylic acids is 1. The SMILES string of the molecule is CCOC.NC1Cc2ccc(CCCC=O)c(O)c2C1. The lowest BCUT2D eigenvalue weighted by Crippen LogP contribution is -2.19. The number of rotatable bonds is 5. The largest absolute Gasteiger partial charge is 0.507 e. The van der Waals surface area contributed by atoms with Gasteiger partial charge in [0.05, 0.1) is 0 Å². The first-order chi connectivity index (χ1) is 9.63. The second kappa shape index (κ2) is 8.72. The highest BCUT2D eigenvalue weighted by Crippen LogP contribution is 2.33. The summed E-state index contributed by atoms with van der Waals surface area (Å²) in [4.78, 5) is 10.2. The van der Waals surface area contributed by atoms with Crippen molar-refractivity contribution in [3.05, 3.63) is 28.8 Å². The number of aromatic hydroxyl groups is 1. The number of benzene rings is 1. The number of carbonyl (C=O) groups is 1. The van der Waals surface area contributed by atoms with Crippen LogP contribution in [0.5, 0.6) is 5.75 Å². The van der Waals surface area contributed by atoms with Gasteiger partial charge in [-0.15, -0.1) is 0 Å². The van der Waals surface area contributed by atoms with E-state index in [9.17, 15) is 9.90 Å². The van der Waals surface area contributed by atoms with E-state index >= 15 is 0 Å². The lowest BCUT2D eigenvalue weighted by atomic mass is 10.0. The first kappa shape index (κ1) is 16.7. The van der Waals surface area contributed by atoms with E-state index in [2.05, 4.69) is 10.8 Å². The molecule has 1 unspecified atom stereocenters. The summed E-state index contributed by atoms with van der Waals surface area (Å²) >= 11 is 0. The van der Waals surface area contributed by atoms with Crippen molar-refractivity contribution in [2.24, 2.45) is 5.73 Å². The smallest absolute Gasteiger partial charge is 0.122 e. The van der Waals surface area contributed by atoms with Crippen LogP contribution in [0.1, 0.15) is 36.5 Å². The molecule has 0 aromatic heterocycles. The maximum Gasteiger partial charge on any atom is 0.122 e. The van der Waals surface area contributed by atoms with Gasteiger partial charge in [0.1, 0.15) is 12.0 Å². The molecule has 1 aromatic rings. The maximum absolute atomic E-state index is 10.2. The number of hydrogen-bond acceptors (Lipinski definition) is 4. The molecule has 4 heteroatoms. The van der Waals surface area contributed by atoms with Crippen molar-refractivity contribution in [1.29, 1.82) is 0 Å². The first-order valence-electron chi connectivity index (χ1n) is 7.14. The fraction of sp³-hybridized carbons (Fsp3) is 0.562. The Morgan fingerprint density at radius 3 is 2.75 bits per heavy atom. The minimum atomic E-state index is 0.145. The van der Waals surface area contributed by atoms with Gasteiger partial charge in [-0.25, -0.2) is 0 Å². The van der Waals surface area contributed by atoms with Gasteiger partial charge in [-0.1, -0.05) is 12.1 Å². The van der Waals surface area contributed by atoms with E-state index < -0.39 is 0 Å². The fourth-order valence-electron chi connectivity index (χ4n) is 2.34. The van der Waals surface area contributed by atoms with Crippen LogP contribution in [0.2, 0.25) is 0 Å². The molecule has 2 rings (SSSR count). The fourth-order valence-corrected chi connectivity index (χ4v) is 2.34. The summed E-state index contributed by atoms with van der Waals surface area (Å²) in [7, 11) is 1.68. The lowest BCUT2D eigenvalue weighted by molar-refractivity contribution is -0.107. The molecule has 0 bridgehead atoms. The number of aryl methyl sites for hydroxylation is 1. The van der Waals surface area contributed by atoms with Gasteiger partial charge in [-0.2, -0.15) is 0 Å². The molecular formula is C16H25NO3. The highest BCUT2D eigenvalue weighted by atomic mass is 16.5. The molecule has 0 saturated carbocycles. The minimum Gasteiger partial charge on any atom is -0.507 e. The molecule has 0 fully saturated rings. The Balaban J connectivity index is 0.000000444. The quantitative estimate of drug-likeness (QED) is 0.638. The van der Waals surface area contributed by atoms with Crippen LogP contribution in [0.4, 0.5) is 0 Å². The molecule has 4 nitrogen and oxygen atoms in total. The molecule has 1 aromatic carbocycles. The average Bonchev–Trinajstić information content (AvgIpc) is 2.83. The highest BCUT2D eigenvalue weighted by molar-refractivity contribution is 5.51. The Morgan fingerprint density at radius 1 is 1.45 bits per heavy atom. The van der Waals surface area contributed by atoms with Crippen LogP contribution in [0.15, 0.2) is 12.1 Å². The van der Waals surface area contributed by atoms with Crippen LogP contribution in [0, 0.1) is 0 Å². The Bertz CT molecular complexity index is 430. The number of phenols is 1. The Hall–Kier alpha value is -1.39. The number of hydrogen-bond donors (Lipinski definition) is 2. The van der Waals surface area contributed by atoms with E-state index in [1.165, 1.54) is 5.56 Å². The second-order valence-corrected chi connectivity index (χ2v) is 5.02. The van der Waals surface area contributed by atoms with Gasteiger partial charge >= 0.3 is 0 Å². The van der Waals surface area contributed by atoms with Crippen LogP contribution in [-0.4, -0.2) is 31.2 Å². The van der Waals surface area contributed by atoms with Crippen LogP contribution in [0.3, 0.4) is 0 Å². The zero-order chi connectivity index (χ0) is 15.0. The van der Waals surface area contributed by atoms with Crippen molar-refractivity contribution in [2.75, 3.05) is 13.7 Å². The van der Waals surface area contributed by atoms with Gasteiger partial charge in [-0.3, -0.25) is 0 Å². The van der Waals surface area contributed by atoms with Gasteiger partial charge in [-0.05, 0) is 49.3 Å². The number of aldehydes is 1. The van der Waals surface area contributed by atoms with Gasteiger partial charge < -0.3 is 20.4 Å². The van der Waals surface area contributed by atoms with Crippen LogP contribution < -0.4 is 5.73 Å². The molecule has 20 heavy (non-hydrogen) atoms. The Kier molecular flexibility index (Phi) is 7.26. The topological polar surface area (TPSA) is 72.5 Å².